The third-order valence-electron chi connectivity index (χ3n) is 3.01. The van der Waals surface area contributed by atoms with Crippen molar-refractivity contribution in [3.63, 3.8) is 0 Å². The van der Waals surface area contributed by atoms with Crippen molar-refractivity contribution in [2.75, 3.05) is 28.7 Å². The number of carbonyl (C=O) groups excluding carboxylic acids is 1. The number of benzene rings is 1. The fourth-order valence-electron chi connectivity index (χ4n) is 2.08. The van der Waals surface area contributed by atoms with E-state index in [0.717, 1.165) is 5.69 Å². The lowest BCUT2D eigenvalue weighted by Crippen LogP contribution is -2.20. The van der Waals surface area contributed by atoms with E-state index in [9.17, 15) is 13.2 Å². The molecule has 1 aliphatic rings. The fourth-order valence-corrected chi connectivity index (χ4v) is 3.75. The zero-order valence-electron chi connectivity index (χ0n) is 11.3. The molecule has 1 saturated heterocycles. The van der Waals surface area contributed by atoms with Gasteiger partial charge in [0.05, 0.1) is 18.1 Å². The summed E-state index contributed by atoms with van der Waals surface area (Å²) in [6.45, 7) is 2.06. The minimum absolute atomic E-state index is 0.0381. The number of hydrogen-bond acceptors (Lipinski definition) is 5. The van der Waals surface area contributed by atoms with Crippen LogP contribution in [0.2, 0.25) is 0 Å². The molecule has 0 aromatic heterocycles. The van der Waals surface area contributed by atoms with Gasteiger partial charge in [-0.05, 0) is 37.6 Å². The molecule has 0 radical (unpaired) electrons. The Balaban J connectivity index is 1.90. The van der Waals surface area contributed by atoms with Crippen molar-refractivity contribution in [3.05, 3.63) is 24.3 Å². The van der Waals surface area contributed by atoms with Gasteiger partial charge in [-0.2, -0.15) is 0 Å². The Morgan fingerprint density at radius 1 is 1.30 bits per heavy atom. The average Bonchev–Trinajstić information content (AvgIpc) is 2.71. The second-order valence-electron chi connectivity index (χ2n) is 4.67. The van der Waals surface area contributed by atoms with Gasteiger partial charge in [0.15, 0.2) is 9.84 Å². The van der Waals surface area contributed by atoms with Gasteiger partial charge < -0.3 is 10.1 Å². The molecule has 1 heterocycles. The molecule has 1 aromatic carbocycles. The Morgan fingerprint density at radius 2 is 1.95 bits per heavy atom. The van der Waals surface area contributed by atoms with Crippen molar-refractivity contribution in [2.45, 2.75) is 19.4 Å². The van der Waals surface area contributed by atoms with Crippen LogP contribution in [0.4, 0.5) is 16.2 Å². The Bertz CT molecular complexity index is 569. The van der Waals surface area contributed by atoms with Crippen LogP contribution in [0.25, 0.3) is 0 Å². The summed E-state index contributed by atoms with van der Waals surface area (Å²) in [5.74, 6) is 0.420. The normalized spacial score (nSPS) is 20.4. The molecule has 0 aliphatic carbocycles. The Kier molecular flexibility index (Phi) is 4.49. The molecule has 110 valence electrons. The van der Waals surface area contributed by atoms with Crippen LogP contribution in [-0.4, -0.2) is 38.7 Å². The van der Waals surface area contributed by atoms with Gasteiger partial charge in [-0.3, -0.25) is 5.32 Å². The highest BCUT2D eigenvalue weighted by Gasteiger charge is 2.27. The highest BCUT2D eigenvalue weighted by atomic mass is 32.2. The molecule has 1 aromatic rings. The van der Waals surface area contributed by atoms with E-state index in [4.69, 9.17) is 4.74 Å². The van der Waals surface area contributed by atoms with Crippen LogP contribution in [0.15, 0.2) is 24.3 Å². The maximum atomic E-state index is 11.4. The zero-order chi connectivity index (χ0) is 14.6. The van der Waals surface area contributed by atoms with Gasteiger partial charge >= 0.3 is 6.09 Å². The number of rotatable bonds is 4. The minimum atomic E-state index is -2.88. The van der Waals surface area contributed by atoms with Crippen LogP contribution >= 0.6 is 0 Å². The topological polar surface area (TPSA) is 84.5 Å². The van der Waals surface area contributed by atoms with Gasteiger partial charge in [0.1, 0.15) is 0 Å². The second kappa shape index (κ2) is 6.13. The second-order valence-corrected chi connectivity index (χ2v) is 6.90. The van der Waals surface area contributed by atoms with E-state index in [1.165, 1.54) is 0 Å². The molecule has 0 saturated carbocycles. The molecular weight excluding hydrogens is 280 g/mol. The fraction of sp³-hybridized carbons (Fsp3) is 0.462. The molecule has 20 heavy (non-hydrogen) atoms. The van der Waals surface area contributed by atoms with Gasteiger partial charge in [0.2, 0.25) is 0 Å². The largest absolute Gasteiger partial charge is 0.450 e. The van der Waals surface area contributed by atoms with Crippen molar-refractivity contribution in [1.29, 1.82) is 0 Å². The summed E-state index contributed by atoms with van der Waals surface area (Å²) in [4.78, 5) is 11.2. The van der Waals surface area contributed by atoms with Crippen LogP contribution < -0.4 is 10.6 Å². The molecule has 1 amide bonds. The van der Waals surface area contributed by atoms with Crippen LogP contribution in [0.1, 0.15) is 13.3 Å². The molecule has 1 unspecified atom stereocenters. The Labute approximate surface area is 118 Å². The number of ether oxygens (including phenoxy) is 1. The summed E-state index contributed by atoms with van der Waals surface area (Å²) < 4.78 is 27.5. The summed E-state index contributed by atoms with van der Waals surface area (Å²) in [5, 5.41) is 5.77. The van der Waals surface area contributed by atoms with E-state index >= 15 is 0 Å². The molecule has 1 fully saturated rings. The third-order valence-corrected chi connectivity index (χ3v) is 4.78. The molecular formula is C13H18N2O4S. The molecule has 2 rings (SSSR count). The van der Waals surface area contributed by atoms with Crippen molar-refractivity contribution in [3.8, 4) is 0 Å². The van der Waals surface area contributed by atoms with Crippen LogP contribution in [0.3, 0.4) is 0 Å². The summed E-state index contributed by atoms with van der Waals surface area (Å²) in [7, 11) is -2.88. The minimum Gasteiger partial charge on any atom is -0.450 e. The number of amides is 1. The smallest absolute Gasteiger partial charge is 0.411 e. The van der Waals surface area contributed by atoms with Crippen LogP contribution in [-0.2, 0) is 14.6 Å². The summed E-state index contributed by atoms with van der Waals surface area (Å²) >= 11 is 0. The van der Waals surface area contributed by atoms with E-state index in [-0.39, 0.29) is 17.5 Å². The molecule has 7 heteroatoms. The standard InChI is InChI=1S/C13H18N2O4S/c1-2-19-13(16)15-11-5-3-10(4-6-11)14-12-7-8-20(17,18)9-12/h3-6,12,14H,2,7-9H2,1H3,(H,15,16). The first kappa shape index (κ1) is 14.6. The summed E-state index contributed by atoms with van der Waals surface area (Å²) in [6, 6.07) is 7.04. The number of anilines is 2. The number of hydrogen-bond donors (Lipinski definition) is 2. The lowest BCUT2D eigenvalue weighted by molar-refractivity contribution is 0.168. The van der Waals surface area contributed by atoms with Gasteiger partial charge in [-0.25, -0.2) is 13.2 Å². The first-order valence-corrected chi connectivity index (χ1v) is 8.31. The van der Waals surface area contributed by atoms with Crippen LogP contribution in [0.5, 0.6) is 0 Å². The monoisotopic (exact) mass is 298 g/mol. The number of nitrogens with one attached hydrogen (secondary N) is 2. The molecule has 0 spiro atoms. The van der Waals surface area contributed by atoms with E-state index < -0.39 is 15.9 Å². The van der Waals surface area contributed by atoms with Gasteiger partial charge in [-0.1, -0.05) is 0 Å². The van der Waals surface area contributed by atoms with Crippen molar-refractivity contribution in [2.24, 2.45) is 0 Å². The lowest BCUT2D eigenvalue weighted by Gasteiger charge is -2.13. The predicted octanol–water partition coefficient (Wildman–Crippen LogP) is 1.85. The van der Waals surface area contributed by atoms with Gasteiger partial charge in [0, 0.05) is 17.4 Å². The molecule has 0 bridgehead atoms. The zero-order valence-corrected chi connectivity index (χ0v) is 12.1. The van der Waals surface area contributed by atoms with E-state index in [0.29, 0.717) is 18.7 Å². The van der Waals surface area contributed by atoms with Crippen LogP contribution in [0, 0.1) is 0 Å². The molecule has 1 aliphatic heterocycles. The highest BCUT2D eigenvalue weighted by Crippen LogP contribution is 2.19. The maximum Gasteiger partial charge on any atom is 0.411 e. The van der Waals surface area contributed by atoms with Crippen molar-refractivity contribution >= 4 is 27.3 Å². The average molecular weight is 298 g/mol. The Morgan fingerprint density at radius 3 is 2.50 bits per heavy atom. The van der Waals surface area contributed by atoms with E-state index in [1.807, 2.05) is 0 Å². The maximum absolute atomic E-state index is 11.4. The third kappa shape index (κ3) is 4.12. The first-order valence-electron chi connectivity index (χ1n) is 6.49. The highest BCUT2D eigenvalue weighted by molar-refractivity contribution is 7.91. The van der Waals surface area contributed by atoms with Crippen molar-refractivity contribution in [1.82, 2.24) is 0 Å². The lowest BCUT2D eigenvalue weighted by atomic mass is 10.2. The van der Waals surface area contributed by atoms with E-state index in [2.05, 4.69) is 10.6 Å². The SMILES string of the molecule is CCOC(=O)Nc1ccc(NC2CCS(=O)(=O)C2)cc1. The number of sulfone groups is 1. The van der Waals surface area contributed by atoms with E-state index in [1.54, 1.807) is 31.2 Å². The van der Waals surface area contributed by atoms with Gasteiger partial charge in [-0.15, -0.1) is 0 Å². The number of carbonyl (C=O) groups is 1. The molecule has 1 atom stereocenters. The summed E-state index contributed by atoms with van der Waals surface area (Å²) in [5.41, 5.74) is 1.47. The first-order chi connectivity index (χ1) is 9.48. The summed E-state index contributed by atoms with van der Waals surface area (Å²) in [6.07, 6.45) is 0.139. The molecule has 2 N–H and O–H groups in total. The predicted molar refractivity (Wildman–Crippen MR) is 77.8 cm³/mol. The quantitative estimate of drug-likeness (QED) is 0.886. The van der Waals surface area contributed by atoms with Gasteiger partial charge in [0.25, 0.3) is 0 Å². The van der Waals surface area contributed by atoms with Crippen molar-refractivity contribution < 1.29 is 17.9 Å². The Hall–Kier alpha value is -1.76. The molecule has 6 nitrogen and oxygen atoms in total.